The molecule has 0 radical (unpaired) electrons. The van der Waals surface area contributed by atoms with Crippen LogP contribution in [0.2, 0.25) is 0 Å². The van der Waals surface area contributed by atoms with Crippen molar-refractivity contribution in [3.63, 3.8) is 0 Å². The van der Waals surface area contributed by atoms with Gasteiger partial charge in [0, 0.05) is 17.2 Å². The van der Waals surface area contributed by atoms with Gasteiger partial charge in [-0.2, -0.15) is 18.3 Å². The Kier molecular flexibility index (Phi) is 5.84. The molecule has 0 aliphatic carbocycles. The Morgan fingerprint density at radius 3 is 2.60 bits per heavy atom. The van der Waals surface area contributed by atoms with E-state index < -0.39 is 11.7 Å². The summed E-state index contributed by atoms with van der Waals surface area (Å²) in [4.78, 5) is 12.8. The van der Waals surface area contributed by atoms with Crippen LogP contribution in [-0.2, 0) is 6.18 Å². The van der Waals surface area contributed by atoms with Crippen LogP contribution in [0.25, 0.3) is 5.69 Å². The number of anilines is 1. The highest BCUT2D eigenvalue weighted by Crippen LogP contribution is 2.45. The van der Waals surface area contributed by atoms with Crippen molar-refractivity contribution in [2.45, 2.75) is 17.7 Å². The van der Waals surface area contributed by atoms with Gasteiger partial charge in [0.1, 0.15) is 0 Å². The van der Waals surface area contributed by atoms with Gasteiger partial charge in [-0.05, 0) is 42.8 Å². The molecular formula is C21H18F3N3OS2. The maximum Gasteiger partial charge on any atom is 0.416 e. The van der Waals surface area contributed by atoms with E-state index in [-0.39, 0.29) is 11.6 Å². The molecule has 1 saturated heterocycles. The van der Waals surface area contributed by atoms with Crippen LogP contribution in [0.1, 0.15) is 31.8 Å². The average Bonchev–Trinajstić information content (AvgIpc) is 3.38. The minimum atomic E-state index is -4.45. The molecule has 0 saturated carbocycles. The van der Waals surface area contributed by atoms with E-state index in [9.17, 15) is 18.0 Å². The van der Waals surface area contributed by atoms with Gasteiger partial charge >= 0.3 is 6.18 Å². The van der Waals surface area contributed by atoms with Gasteiger partial charge in [0.2, 0.25) is 0 Å². The van der Waals surface area contributed by atoms with Crippen molar-refractivity contribution in [2.24, 2.45) is 0 Å². The number of alkyl halides is 3. The van der Waals surface area contributed by atoms with Gasteiger partial charge in [0.15, 0.2) is 0 Å². The van der Waals surface area contributed by atoms with E-state index in [1.807, 2.05) is 47.8 Å². The maximum atomic E-state index is 13.0. The standard InChI is InChI=1S/C21H18F3N3OS2/c1-13-18(12-25-27(13)17-7-3-5-15(11-17)21(22,23)24)19(28)26-16-6-2-4-14(10-16)20-29-8-9-30-20/h2-7,10-12,20H,8-9H2,1H3,(H,26,28). The second-order valence-electron chi connectivity index (χ2n) is 6.76. The number of aromatic nitrogens is 2. The summed E-state index contributed by atoms with van der Waals surface area (Å²) in [6.45, 7) is 1.66. The monoisotopic (exact) mass is 449 g/mol. The number of carbonyl (C=O) groups is 1. The molecule has 0 spiro atoms. The van der Waals surface area contributed by atoms with Gasteiger partial charge in [-0.3, -0.25) is 4.79 Å². The van der Waals surface area contributed by atoms with Crippen LogP contribution < -0.4 is 5.32 Å². The quantitative estimate of drug-likeness (QED) is 0.536. The number of amides is 1. The van der Waals surface area contributed by atoms with E-state index in [2.05, 4.69) is 10.4 Å². The molecule has 1 fully saturated rings. The lowest BCUT2D eigenvalue weighted by Gasteiger charge is -2.12. The lowest BCUT2D eigenvalue weighted by atomic mass is 10.2. The number of carbonyl (C=O) groups excluding carboxylic acids is 1. The summed E-state index contributed by atoms with van der Waals surface area (Å²) in [5, 5.41) is 7.01. The highest BCUT2D eigenvalue weighted by molar-refractivity contribution is 8.19. The minimum absolute atomic E-state index is 0.249. The van der Waals surface area contributed by atoms with Crippen molar-refractivity contribution in [3.8, 4) is 5.69 Å². The molecule has 1 aliphatic heterocycles. The van der Waals surface area contributed by atoms with E-state index in [1.54, 1.807) is 6.92 Å². The summed E-state index contributed by atoms with van der Waals surface area (Å²) in [5.41, 5.74) is 2.08. The zero-order chi connectivity index (χ0) is 21.3. The number of hydrogen-bond donors (Lipinski definition) is 1. The Balaban J connectivity index is 1.55. The molecule has 1 N–H and O–H groups in total. The molecule has 30 heavy (non-hydrogen) atoms. The summed E-state index contributed by atoms with van der Waals surface area (Å²) in [6.07, 6.45) is -3.07. The molecule has 156 valence electrons. The van der Waals surface area contributed by atoms with Gasteiger partial charge in [-0.25, -0.2) is 4.68 Å². The predicted molar refractivity (Wildman–Crippen MR) is 115 cm³/mol. The maximum absolute atomic E-state index is 13.0. The zero-order valence-electron chi connectivity index (χ0n) is 15.9. The molecule has 9 heteroatoms. The van der Waals surface area contributed by atoms with Crippen LogP contribution in [-0.4, -0.2) is 27.2 Å². The number of benzene rings is 2. The third kappa shape index (κ3) is 4.37. The van der Waals surface area contributed by atoms with Crippen molar-refractivity contribution >= 4 is 35.1 Å². The first-order chi connectivity index (χ1) is 14.3. The van der Waals surface area contributed by atoms with E-state index in [0.29, 0.717) is 21.5 Å². The molecule has 2 aromatic carbocycles. The fraction of sp³-hybridized carbons (Fsp3) is 0.238. The lowest BCUT2D eigenvalue weighted by Crippen LogP contribution is -2.13. The lowest BCUT2D eigenvalue weighted by molar-refractivity contribution is -0.137. The van der Waals surface area contributed by atoms with Crippen LogP contribution >= 0.6 is 23.5 Å². The van der Waals surface area contributed by atoms with Gasteiger partial charge in [-0.15, -0.1) is 23.5 Å². The highest BCUT2D eigenvalue weighted by atomic mass is 32.2. The first kappa shape index (κ1) is 20.9. The number of hydrogen-bond acceptors (Lipinski definition) is 4. The van der Waals surface area contributed by atoms with E-state index >= 15 is 0 Å². The van der Waals surface area contributed by atoms with Gasteiger partial charge in [0.25, 0.3) is 5.91 Å². The molecular weight excluding hydrogens is 431 g/mol. The Labute approximate surface area is 180 Å². The van der Waals surface area contributed by atoms with Crippen LogP contribution in [0.3, 0.4) is 0 Å². The molecule has 1 aromatic heterocycles. The Morgan fingerprint density at radius 1 is 1.13 bits per heavy atom. The van der Waals surface area contributed by atoms with Crippen molar-refractivity contribution in [1.29, 1.82) is 0 Å². The van der Waals surface area contributed by atoms with Crippen molar-refractivity contribution in [3.05, 3.63) is 77.1 Å². The largest absolute Gasteiger partial charge is 0.416 e. The van der Waals surface area contributed by atoms with Gasteiger partial charge < -0.3 is 5.32 Å². The third-order valence-electron chi connectivity index (χ3n) is 4.71. The Morgan fingerprint density at radius 2 is 1.87 bits per heavy atom. The number of halogens is 3. The number of thioether (sulfide) groups is 2. The summed E-state index contributed by atoms with van der Waals surface area (Å²) in [5.74, 6) is 1.87. The fourth-order valence-electron chi connectivity index (χ4n) is 3.22. The van der Waals surface area contributed by atoms with Gasteiger partial charge in [0.05, 0.1) is 33.3 Å². The van der Waals surface area contributed by atoms with Crippen molar-refractivity contribution in [2.75, 3.05) is 16.8 Å². The molecule has 1 aliphatic rings. The molecule has 2 heterocycles. The van der Waals surface area contributed by atoms with E-state index in [4.69, 9.17) is 0 Å². The molecule has 4 rings (SSSR count). The smallest absolute Gasteiger partial charge is 0.322 e. The van der Waals surface area contributed by atoms with Crippen LogP contribution in [0, 0.1) is 6.92 Å². The first-order valence-electron chi connectivity index (χ1n) is 9.20. The van der Waals surface area contributed by atoms with Crippen molar-refractivity contribution < 1.29 is 18.0 Å². The molecule has 4 nitrogen and oxygen atoms in total. The second kappa shape index (κ2) is 8.39. The van der Waals surface area contributed by atoms with Crippen LogP contribution in [0.15, 0.2) is 54.7 Å². The molecule has 3 aromatic rings. The van der Waals surface area contributed by atoms with E-state index in [1.165, 1.54) is 23.0 Å². The van der Waals surface area contributed by atoms with Crippen molar-refractivity contribution in [1.82, 2.24) is 9.78 Å². The molecule has 0 atom stereocenters. The summed E-state index contributed by atoms with van der Waals surface area (Å²) >= 11 is 3.76. The number of rotatable bonds is 4. The SMILES string of the molecule is Cc1c(C(=O)Nc2cccc(C3SCCS3)c2)cnn1-c1cccc(C(F)(F)F)c1. The summed E-state index contributed by atoms with van der Waals surface area (Å²) in [6, 6.07) is 12.6. The number of nitrogens with zero attached hydrogens (tertiary/aromatic N) is 2. The molecule has 1 amide bonds. The molecule has 0 bridgehead atoms. The highest BCUT2D eigenvalue weighted by Gasteiger charge is 2.30. The van der Waals surface area contributed by atoms with Crippen LogP contribution in [0.4, 0.5) is 18.9 Å². The van der Waals surface area contributed by atoms with Gasteiger partial charge in [-0.1, -0.05) is 18.2 Å². The zero-order valence-corrected chi connectivity index (χ0v) is 17.6. The first-order valence-corrected chi connectivity index (χ1v) is 11.3. The minimum Gasteiger partial charge on any atom is -0.322 e. The normalized spacial score (nSPS) is 14.8. The topological polar surface area (TPSA) is 46.9 Å². The van der Waals surface area contributed by atoms with Crippen LogP contribution in [0.5, 0.6) is 0 Å². The average molecular weight is 450 g/mol. The summed E-state index contributed by atoms with van der Waals surface area (Å²) in [7, 11) is 0. The summed E-state index contributed by atoms with van der Waals surface area (Å²) < 4.78 is 40.7. The third-order valence-corrected chi connectivity index (χ3v) is 7.82. The van der Waals surface area contributed by atoms with E-state index in [0.717, 1.165) is 29.2 Å². The Bertz CT molecular complexity index is 1080. The Hall–Kier alpha value is -2.39. The fourth-order valence-corrected chi connectivity index (χ4v) is 6.06. The number of nitrogens with one attached hydrogen (secondary N) is 1. The molecule has 0 unspecified atom stereocenters. The second-order valence-corrected chi connectivity index (χ2v) is 9.48. The predicted octanol–water partition coefficient (Wildman–Crippen LogP) is 5.93.